The monoisotopic (exact) mass is 344 g/mol. The van der Waals surface area contributed by atoms with Gasteiger partial charge in [0.1, 0.15) is 10.5 Å². The molecule has 15 heavy (non-hydrogen) atoms. The van der Waals surface area contributed by atoms with Crippen LogP contribution < -0.4 is 0 Å². The zero-order valence-electron chi connectivity index (χ0n) is 7.50. The number of nitrogens with one attached hydrogen (secondary N) is 1. The van der Waals surface area contributed by atoms with Crippen molar-refractivity contribution in [3.8, 4) is 11.4 Å². The summed E-state index contributed by atoms with van der Waals surface area (Å²) in [6.45, 7) is 0. The van der Waals surface area contributed by atoms with Gasteiger partial charge in [-0.25, -0.2) is 4.98 Å². The maximum atomic E-state index is 5.13. The van der Waals surface area contributed by atoms with Crippen LogP contribution in [0.3, 0.4) is 0 Å². The van der Waals surface area contributed by atoms with E-state index in [0.717, 1.165) is 20.3 Å². The summed E-state index contributed by atoms with van der Waals surface area (Å²) in [4.78, 5) is 7.33. The van der Waals surface area contributed by atoms with Crippen molar-refractivity contribution in [3.05, 3.63) is 44.0 Å². The minimum absolute atomic E-state index is 0.649. The van der Waals surface area contributed by atoms with Crippen molar-refractivity contribution in [2.24, 2.45) is 0 Å². The number of hydrogen-bond donors (Lipinski definition) is 1. The van der Waals surface area contributed by atoms with Gasteiger partial charge >= 0.3 is 0 Å². The molecule has 0 spiro atoms. The van der Waals surface area contributed by atoms with Crippen molar-refractivity contribution in [2.45, 2.75) is 0 Å². The highest BCUT2D eigenvalue weighted by molar-refractivity contribution is 9.10. The van der Waals surface area contributed by atoms with Crippen molar-refractivity contribution >= 4 is 44.1 Å². The molecule has 2 rings (SSSR count). The van der Waals surface area contributed by atoms with Crippen LogP contribution in [0.15, 0.2) is 39.4 Å². The molecule has 1 aromatic heterocycles. The Morgan fingerprint density at radius 1 is 1.13 bits per heavy atom. The number of hydrogen-bond acceptors (Lipinski definition) is 2. The maximum absolute atomic E-state index is 5.13. The van der Waals surface area contributed by atoms with E-state index >= 15 is 0 Å². The van der Waals surface area contributed by atoms with Gasteiger partial charge in [-0.3, -0.25) is 0 Å². The number of rotatable bonds is 1. The van der Waals surface area contributed by atoms with Crippen LogP contribution in [0.25, 0.3) is 11.4 Å². The van der Waals surface area contributed by atoms with Crippen molar-refractivity contribution in [3.63, 3.8) is 0 Å². The number of H-pyrrole nitrogens is 1. The first-order valence-electron chi connectivity index (χ1n) is 4.18. The largest absolute Gasteiger partial charge is 0.330 e. The molecule has 1 aromatic carbocycles. The zero-order valence-corrected chi connectivity index (χ0v) is 11.5. The Labute approximate surface area is 109 Å². The molecule has 1 N–H and O–H groups in total. The van der Waals surface area contributed by atoms with E-state index in [0.29, 0.717) is 4.64 Å². The third-order valence-electron chi connectivity index (χ3n) is 1.88. The van der Waals surface area contributed by atoms with Crippen LogP contribution in [0.5, 0.6) is 0 Å². The standard InChI is InChI=1S/C10H6Br2N2S/c11-7-4-2-1-3-6(7)9-13-5-8(12)10(15)14-9/h1-5H,(H,13,14,15). The molecule has 0 aliphatic heterocycles. The normalized spacial score (nSPS) is 10.3. The van der Waals surface area contributed by atoms with Gasteiger partial charge in [-0.2, -0.15) is 0 Å². The van der Waals surface area contributed by atoms with Crippen molar-refractivity contribution < 1.29 is 0 Å². The lowest BCUT2D eigenvalue weighted by Crippen LogP contribution is -1.90. The predicted octanol–water partition coefficient (Wildman–Crippen LogP) is 4.33. The zero-order chi connectivity index (χ0) is 10.8. The van der Waals surface area contributed by atoms with Gasteiger partial charge in [0.2, 0.25) is 0 Å². The quantitative estimate of drug-likeness (QED) is 0.779. The lowest BCUT2D eigenvalue weighted by atomic mass is 10.2. The average Bonchev–Trinajstić information content (AvgIpc) is 2.23. The molecule has 2 nitrogen and oxygen atoms in total. The van der Waals surface area contributed by atoms with Crippen LogP contribution in [0, 0.1) is 4.64 Å². The summed E-state index contributed by atoms with van der Waals surface area (Å²) >= 11 is 11.9. The van der Waals surface area contributed by atoms with Crippen LogP contribution in [-0.4, -0.2) is 9.97 Å². The van der Waals surface area contributed by atoms with Crippen LogP contribution >= 0.6 is 44.1 Å². The summed E-state index contributed by atoms with van der Waals surface area (Å²) < 4.78 is 2.44. The average molecular weight is 346 g/mol. The number of benzene rings is 1. The highest BCUT2D eigenvalue weighted by atomic mass is 79.9. The fourth-order valence-electron chi connectivity index (χ4n) is 1.17. The van der Waals surface area contributed by atoms with E-state index in [-0.39, 0.29) is 0 Å². The van der Waals surface area contributed by atoms with Gasteiger partial charge in [-0.15, -0.1) is 0 Å². The van der Waals surface area contributed by atoms with E-state index in [1.807, 2.05) is 24.3 Å². The summed E-state index contributed by atoms with van der Waals surface area (Å²) in [7, 11) is 0. The Morgan fingerprint density at radius 3 is 2.53 bits per heavy atom. The van der Waals surface area contributed by atoms with Gasteiger partial charge in [0.25, 0.3) is 0 Å². The van der Waals surface area contributed by atoms with Gasteiger partial charge in [-0.05, 0) is 22.0 Å². The Kier molecular flexibility index (Phi) is 3.33. The SMILES string of the molecule is S=c1[nH]c(-c2ccccc2Br)ncc1Br. The predicted molar refractivity (Wildman–Crippen MR) is 70.3 cm³/mol. The molecule has 76 valence electrons. The molecule has 2 aromatic rings. The van der Waals surface area contributed by atoms with Gasteiger partial charge < -0.3 is 4.98 Å². The van der Waals surface area contributed by atoms with Crippen molar-refractivity contribution in [1.29, 1.82) is 0 Å². The third-order valence-corrected chi connectivity index (χ3v) is 3.76. The fraction of sp³-hybridized carbons (Fsp3) is 0. The molecule has 0 aliphatic carbocycles. The second-order valence-corrected chi connectivity index (χ2v) is 5.01. The molecule has 0 radical (unpaired) electrons. The molecule has 1 heterocycles. The first kappa shape index (κ1) is 11.0. The molecule has 0 amide bonds. The maximum Gasteiger partial charge on any atom is 0.139 e. The van der Waals surface area contributed by atoms with Crippen molar-refractivity contribution in [2.75, 3.05) is 0 Å². The first-order chi connectivity index (χ1) is 7.18. The molecule has 0 bridgehead atoms. The molecular weight excluding hydrogens is 340 g/mol. The fourth-order valence-corrected chi connectivity index (χ4v) is 1.99. The molecular formula is C10H6Br2N2S. The van der Waals surface area contributed by atoms with Gasteiger partial charge in [0.15, 0.2) is 0 Å². The molecule has 0 fully saturated rings. The lowest BCUT2D eigenvalue weighted by Gasteiger charge is -2.03. The number of aromatic nitrogens is 2. The van der Waals surface area contributed by atoms with E-state index in [1.165, 1.54) is 0 Å². The summed E-state index contributed by atoms with van der Waals surface area (Å²) in [5.74, 6) is 0.760. The van der Waals surface area contributed by atoms with Gasteiger partial charge in [0, 0.05) is 16.2 Å². The minimum atomic E-state index is 0.649. The second kappa shape index (κ2) is 4.55. The lowest BCUT2D eigenvalue weighted by molar-refractivity contribution is 1.14. The van der Waals surface area contributed by atoms with Gasteiger partial charge in [-0.1, -0.05) is 46.3 Å². The van der Waals surface area contributed by atoms with E-state index in [2.05, 4.69) is 41.8 Å². The van der Waals surface area contributed by atoms with E-state index in [4.69, 9.17) is 12.2 Å². The summed E-state index contributed by atoms with van der Waals surface area (Å²) in [5, 5.41) is 0. The Balaban J connectivity index is 2.60. The Bertz CT molecular complexity index is 551. The van der Waals surface area contributed by atoms with E-state index in [1.54, 1.807) is 6.20 Å². The summed E-state index contributed by atoms with van der Waals surface area (Å²) in [6, 6.07) is 7.86. The number of aromatic amines is 1. The molecule has 0 atom stereocenters. The smallest absolute Gasteiger partial charge is 0.139 e. The van der Waals surface area contributed by atoms with Crippen LogP contribution in [-0.2, 0) is 0 Å². The van der Waals surface area contributed by atoms with E-state index in [9.17, 15) is 0 Å². The highest BCUT2D eigenvalue weighted by Gasteiger charge is 2.04. The van der Waals surface area contributed by atoms with Crippen LogP contribution in [0.1, 0.15) is 0 Å². The summed E-state index contributed by atoms with van der Waals surface area (Å²) in [6.07, 6.45) is 1.70. The molecule has 0 unspecified atom stereocenters. The second-order valence-electron chi connectivity index (χ2n) is 2.89. The number of halogens is 2. The van der Waals surface area contributed by atoms with Crippen LogP contribution in [0.4, 0.5) is 0 Å². The minimum Gasteiger partial charge on any atom is -0.330 e. The van der Waals surface area contributed by atoms with E-state index < -0.39 is 0 Å². The first-order valence-corrected chi connectivity index (χ1v) is 6.17. The molecule has 5 heteroatoms. The Hall–Kier alpha value is -0.520. The third kappa shape index (κ3) is 2.35. The van der Waals surface area contributed by atoms with Crippen molar-refractivity contribution in [1.82, 2.24) is 9.97 Å². The Morgan fingerprint density at radius 2 is 1.87 bits per heavy atom. The number of nitrogens with zero attached hydrogens (tertiary/aromatic N) is 1. The van der Waals surface area contributed by atoms with Crippen LogP contribution in [0.2, 0.25) is 0 Å². The molecule has 0 saturated heterocycles. The molecule has 0 aliphatic rings. The summed E-state index contributed by atoms with van der Waals surface area (Å²) in [5.41, 5.74) is 0.996. The topological polar surface area (TPSA) is 28.7 Å². The highest BCUT2D eigenvalue weighted by Crippen LogP contribution is 2.25. The van der Waals surface area contributed by atoms with Gasteiger partial charge in [0.05, 0.1) is 4.47 Å². The molecule has 0 saturated carbocycles.